The molecule has 0 spiro atoms. The quantitative estimate of drug-likeness (QED) is 0.424. The van der Waals surface area contributed by atoms with E-state index < -0.39 is 0 Å². The molecule has 4 rings (SSSR count). The van der Waals surface area contributed by atoms with Crippen LogP contribution in [0.3, 0.4) is 0 Å². The summed E-state index contributed by atoms with van der Waals surface area (Å²) in [5.74, 6) is 1.65. The molecule has 0 aliphatic rings. The predicted octanol–water partition coefficient (Wildman–Crippen LogP) is 5.21. The van der Waals surface area contributed by atoms with Crippen molar-refractivity contribution in [3.63, 3.8) is 0 Å². The molecule has 0 N–H and O–H groups in total. The van der Waals surface area contributed by atoms with Gasteiger partial charge in [-0.25, -0.2) is 9.97 Å². The number of thioether (sulfide) groups is 1. The Kier molecular flexibility index (Phi) is 5.39. The van der Waals surface area contributed by atoms with Gasteiger partial charge in [0.05, 0.1) is 22.4 Å². The highest BCUT2D eigenvalue weighted by Gasteiger charge is 2.15. The monoisotopic (exact) mass is 389 g/mol. The third-order valence-corrected chi connectivity index (χ3v) is 5.60. The van der Waals surface area contributed by atoms with E-state index in [0.29, 0.717) is 0 Å². The lowest BCUT2D eigenvalue weighted by Gasteiger charge is -2.10. The van der Waals surface area contributed by atoms with Crippen LogP contribution in [0.15, 0.2) is 53.7 Å². The third kappa shape index (κ3) is 3.78. The summed E-state index contributed by atoms with van der Waals surface area (Å²) in [5, 5.41) is 9.89. The molecule has 142 valence electrons. The van der Waals surface area contributed by atoms with Gasteiger partial charge < -0.3 is 4.57 Å². The Bertz CT molecular complexity index is 1120. The van der Waals surface area contributed by atoms with Crippen LogP contribution in [0.1, 0.15) is 30.3 Å². The molecule has 0 unspecified atom stereocenters. The maximum absolute atomic E-state index is 4.80. The highest BCUT2D eigenvalue weighted by atomic mass is 32.2. The van der Waals surface area contributed by atoms with Gasteiger partial charge >= 0.3 is 0 Å². The summed E-state index contributed by atoms with van der Waals surface area (Å²) < 4.78 is 2.21. The zero-order chi connectivity index (χ0) is 19.5. The molecule has 4 aromatic rings. The molecule has 2 heterocycles. The zero-order valence-electron chi connectivity index (χ0n) is 16.4. The second-order valence-corrected chi connectivity index (χ2v) is 7.80. The second kappa shape index (κ2) is 8.10. The largest absolute Gasteiger partial charge is 0.302 e. The average molecular weight is 390 g/mol. The van der Waals surface area contributed by atoms with Crippen LogP contribution in [0.2, 0.25) is 0 Å². The summed E-state index contributed by atoms with van der Waals surface area (Å²) in [6.45, 7) is 7.18. The van der Waals surface area contributed by atoms with E-state index in [2.05, 4.69) is 52.9 Å². The number of hydrogen-bond acceptors (Lipinski definition) is 5. The van der Waals surface area contributed by atoms with Gasteiger partial charge in [0.15, 0.2) is 11.0 Å². The van der Waals surface area contributed by atoms with Crippen molar-refractivity contribution in [3.8, 4) is 11.4 Å². The van der Waals surface area contributed by atoms with Crippen LogP contribution in [-0.4, -0.2) is 24.7 Å². The number of fused-ring (bicyclic) bond motifs is 1. The summed E-state index contributed by atoms with van der Waals surface area (Å²) in [4.78, 5) is 9.49. The predicted molar refractivity (Wildman–Crippen MR) is 114 cm³/mol. The molecular weight excluding hydrogens is 366 g/mol. The SMILES string of the molecule is CCCn1c(SCc2nc3ccccc3nc2C)nnc1-c1cccc(C)c1. The molecule has 0 saturated carbocycles. The van der Waals surface area contributed by atoms with E-state index >= 15 is 0 Å². The molecule has 0 radical (unpaired) electrons. The molecule has 6 heteroatoms. The number of rotatable bonds is 6. The molecule has 2 aromatic heterocycles. The minimum atomic E-state index is 0.722. The molecule has 0 bridgehead atoms. The molecule has 0 amide bonds. The van der Waals surface area contributed by atoms with E-state index in [0.717, 1.165) is 57.7 Å². The maximum Gasteiger partial charge on any atom is 0.191 e. The summed E-state index contributed by atoms with van der Waals surface area (Å²) in [6, 6.07) is 16.4. The van der Waals surface area contributed by atoms with Crippen molar-refractivity contribution in [1.82, 2.24) is 24.7 Å². The first-order valence-corrected chi connectivity index (χ1v) is 10.5. The van der Waals surface area contributed by atoms with Crippen LogP contribution >= 0.6 is 11.8 Å². The summed E-state index contributed by atoms with van der Waals surface area (Å²) in [7, 11) is 0. The standard InChI is InChI=1S/C22H23N5S/c1-4-12-27-21(17-9-7-8-15(2)13-17)25-26-22(27)28-14-20-16(3)23-18-10-5-6-11-19(18)24-20/h5-11,13H,4,12,14H2,1-3H3. The number of aryl methyl sites for hydroxylation is 2. The van der Waals surface area contributed by atoms with Crippen LogP contribution in [-0.2, 0) is 12.3 Å². The minimum absolute atomic E-state index is 0.722. The van der Waals surface area contributed by atoms with Gasteiger partial charge in [0.2, 0.25) is 0 Å². The topological polar surface area (TPSA) is 56.5 Å². The van der Waals surface area contributed by atoms with Crippen LogP contribution in [0, 0.1) is 13.8 Å². The summed E-state index contributed by atoms with van der Waals surface area (Å²) in [5.41, 5.74) is 6.15. The first-order chi connectivity index (χ1) is 13.7. The minimum Gasteiger partial charge on any atom is -0.302 e. The molecule has 28 heavy (non-hydrogen) atoms. The third-order valence-electron chi connectivity index (χ3n) is 4.62. The summed E-state index contributed by atoms with van der Waals surface area (Å²) in [6.07, 6.45) is 1.03. The Hall–Kier alpha value is -2.73. The van der Waals surface area contributed by atoms with Crippen LogP contribution in [0.4, 0.5) is 0 Å². The lowest BCUT2D eigenvalue weighted by molar-refractivity contribution is 0.626. The summed E-state index contributed by atoms with van der Waals surface area (Å²) >= 11 is 1.67. The van der Waals surface area contributed by atoms with Crippen molar-refractivity contribution < 1.29 is 0 Å². The fourth-order valence-corrected chi connectivity index (χ4v) is 4.18. The lowest BCUT2D eigenvalue weighted by atomic mass is 10.1. The lowest BCUT2D eigenvalue weighted by Crippen LogP contribution is -2.03. The van der Waals surface area contributed by atoms with Gasteiger partial charge in [-0.3, -0.25) is 0 Å². The van der Waals surface area contributed by atoms with Gasteiger partial charge in [-0.1, -0.05) is 54.6 Å². The van der Waals surface area contributed by atoms with Crippen LogP contribution in [0.5, 0.6) is 0 Å². The molecule has 0 saturated heterocycles. The maximum atomic E-state index is 4.80. The number of para-hydroxylation sites is 2. The molecular formula is C22H23N5S. The van der Waals surface area contributed by atoms with Crippen molar-refractivity contribution in [2.24, 2.45) is 0 Å². The fraction of sp³-hybridized carbons (Fsp3) is 0.273. The second-order valence-electron chi connectivity index (χ2n) is 6.86. The van der Waals surface area contributed by atoms with Crippen LogP contribution < -0.4 is 0 Å². The average Bonchev–Trinajstić information content (AvgIpc) is 3.09. The Balaban J connectivity index is 1.62. The van der Waals surface area contributed by atoms with E-state index in [9.17, 15) is 0 Å². The van der Waals surface area contributed by atoms with Crippen molar-refractivity contribution in [3.05, 3.63) is 65.5 Å². The van der Waals surface area contributed by atoms with Crippen molar-refractivity contribution in [2.75, 3.05) is 0 Å². The molecule has 5 nitrogen and oxygen atoms in total. The van der Waals surface area contributed by atoms with Crippen molar-refractivity contribution in [2.45, 2.75) is 44.6 Å². The number of aromatic nitrogens is 5. The van der Waals surface area contributed by atoms with Crippen LogP contribution in [0.25, 0.3) is 22.4 Å². The normalized spacial score (nSPS) is 11.2. The first-order valence-electron chi connectivity index (χ1n) is 9.51. The van der Waals surface area contributed by atoms with Gasteiger partial charge in [-0.2, -0.15) is 0 Å². The van der Waals surface area contributed by atoms with Crippen molar-refractivity contribution >= 4 is 22.8 Å². The van der Waals surface area contributed by atoms with E-state index in [1.165, 1.54) is 5.56 Å². The molecule has 0 aliphatic carbocycles. The molecule has 2 aromatic carbocycles. The first kappa shape index (κ1) is 18.6. The van der Waals surface area contributed by atoms with Gasteiger partial charge in [0, 0.05) is 17.9 Å². The molecule has 0 fully saturated rings. The molecule has 0 aliphatic heterocycles. The van der Waals surface area contributed by atoms with Gasteiger partial charge in [-0.05, 0) is 38.5 Å². The highest BCUT2D eigenvalue weighted by molar-refractivity contribution is 7.98. The zero-order valence-corrected chi connectivity index (χ0v) is 17.2. The smallest absolute Gasteiger partial charge is 0.191 e. The van der Waals surface area contributed by atoms with Crippen molar-refractivity contribution in [1.29, 1.82) is 0 Å². The number of hydrogen-bond donors (Lipinski definition) is 0. The van der Waals surface area contributed by atoms with E-state index in [1.54, 1.807) is 11.8 Å². The fourth-order valence-electron chi connectivity index (χ4n) is 3.21. The highest BCUT2D eigenvalue weighted by Crippen LogP contribution is 2.27. The Morgan fingerprint density at radius 1 is 0.929 bits per heavy atom. The van der Waals surface area contributed by atoms with Gasteiger partial charge in [-0.15, -0.1) is 10.2 Å². The number of nitrogens with zero attached hydrogens (tertiary/aromatic N) is 5. The Morgan fingerprint density at radius 3 is 2.46 bits per heavy atom. The number of benzene rings is 2. The Labute approximate surface area is 169 Å². The van der Waals surface area contributed by atoms with E-state index in [-0.39, 0.29) is 0 Å². The van der Waals surface area contributed by atoms with Gasteiger partial charge in [0.25, 0.3) is 0 Å². The van der Waals surface area contributed by atoms with E-state index in [4.69, 9.17) is 9.97 Å². The van der Waals surface area contributed by atoms with Gasteiger partial charge in [0.1, 0.15) is 0 Å². The molecule has 0 atom stereocenters. The Morgan fingerprint density at radius 2 is 1.71 bits per heavy atom. The van der Waals surface area contributed by atoms with E-state index in [1.807, 2.05) is 31.2 Å².